The van der Waals surface area contributed by atoms with E-state index in [1.165, 1.54) is 19.3 Å². The topological polar surface area (TPSA) is 51.0 Å². The van der Waals surface area contributed by atoms with E-state index in [4.69, 9.17) is 0 Å². The summed E-state index contributed by atoms with van der Waals surface area (Å²) in [7, 11) is 0. The van der Waals surface area contributed by atoms with Crippen molar-refractivity contribution in [2.45, 2.75) is 52.0 Å². The van der Waals surface area contributed by atoms with Crippen molar-refractivity contribution in [1.82, 2.24) is 19.7 Å². The Morgan fingerprint density at radius 1 is 1.24 bits per heavy atom. The summed E-state index contributed by atoms with van der Waals surface area (Å²) in [6.07, 6.45) is 9.48. The number of pyridine rings is 1. The van der Waals surface area contributed by atoms with Crippen LogP contribution in [-0.4, -0.2) is 38.2 Å². The van der Waals surface area contributed by atoms with Crippen LogP contribution in [0.25, 0.3) is 5.82 Å². The number of aromatic nitrogens is 3. The summed E-state index contributed by atoms with van der Waals surface area (Å²) in [6.45, 7) is 5.18. The van der Waals surface area contributed by atoms with Gasteiger partial charge in [-0.15, -0.1) is 0 Å². The van der Waals surface area contributed by atoms with Crippen LogP contribution in [0.15, 0.2) is 30.6 Å². The van der Waals surface area contributed by atoms with Gasteiger partial charge < -0.3 is 4.90 Å². The third-order valence-corrected chi connectivity index (χ3v) is 5.95. The maximum atomic E-state index is 13.3. The monoisotopic (exact) mass is 338 g/mol. The van der Waals surface area contributed by atoms with Crippen LogP contribution >= 0.6 is 0 Å². The molecule has 3 heterocycles. The molecule has 1 aliphatic heterocycles. The second-order valence-corrected chi connectivity index (χ2v) is 7.63. The third-order valence-electron chi connectivity index (χ3n) is 5.95. The van der Waals surface area contributed by atoms with Crippen molar-refractivity contribution in [3.05, 3.63) is 41.9 Å². The molecule has 0 radical (unpaired) electrons. The van der Waals surface area contributed by atoms with Gasteiger partial charge in [-0.2, -0.15) is 5.10 Å². The summed E-state index contributed by atoms with van der Waals surface area (Å²) in [5, 5.41) is 4.42. The lowest BCUT2D eigenvalue weighted by atomic mass is 9.74. The van der Waals surface area contributed by atoms with E-state index in [-0.39, 0.29) is 5.91 Å². The average molecular weight is 338 g/mol. The molecule has 25 heavy (non-hydrogen) atoms. The third kappa shape index (κ3) is 2.96. The molecule has 2 aromatic heterocycles. The molecule has 1 saturated heterocycles. The zero-order valence-corrected chi connectivity index (χ0v) is 15.1. The lowest BCUT2D eigenvalue weighted by molar-refractivity contribution is 0.0321. The van der Waals surface area contributed by atoms with Gasteiger partial charge in [-0.05, 0) is 63.0 Å². The van der Waals surface area contributed by atoms with Crippen LogP contribution in [0.1, 0.15) is 55.1 Å². The standard InChI is InChI=1S/C20H26N4O/c1-14-8-9-18-16(12-14)6-5-11-23(18)20(25)17-13-22-24(15(17)2)19-7-3-4-10-21-19/h3-4,7,10,13-14,16,18H,5-6,8-9,11-12H2,1-2H3/t14-,16+,18+/m0/s1. The number of carbonyl (C=O) groups excluding carboxylic acids is 1. The minimum Gasteiger partial charge on any atom is -0.335 e. The van der Waals surface area contributed by atoms with E-state index in [2.05, 4.69) is 21.9 Å². The molecular weight excluding hydrogens is 312 g/mol. The highest BCUT2D eigenvalue weighted by molar-refractivity contribution is 5.95. The maximum Gasteiger partial charge on any atom is 0.257 e. The van der Waals surface area contributed by atoms with Crippen LogP contribution in [0, 0.1) is 18.8 Å². The zero-order valence-electron chi connectivity index (χ0n) is 15.1. The van der Waals surface area contributed by atoms with Gasteiger partial charge in [0.1, 0.15) is 0 Å². The Kier molecular flexibility index (Phi) is 4.32. The Balaban J connectivity index is 1.60. The molecule has 132 valence electrons. The van der Waals surface area contributed by atoms with Crippen molar-refractivity contribution in [1.29, 1.82) is 0 Å². The summed E-state index contributed by atoms with van der Waals surface area (Å²) in [6, 6.07) is 6.14. The number of hydrogen-bond acceptors (Lipinski definition) is 3. The molecule has 5 heteroatoms. The Hall–Kier alpha value is -2.17. The molecule has 2 aliphatic rings. The van der Waals surface area contributed by atoms with Crippen molar-refractivity contribution < 1.29 is 4.79 Å². The molecule has 3 atom stereocenters. The Labute approximate surface area is 149 Å². The summed E-state index contributed by atoms with van der Waals surface area (Å²) in [5.41, 5.74) is 1.58. The Bertz CT molecular complexity index is 754. The largest absolute Gasteiger partial charge is 0.335 e. The lowest BCUT2D eigenvalue weighted by Crippen LogP contribution is -2.50. The SMILES string of the molecule is Cc1c(C(=O)N2CCC[C@@H]3C[C@@H](C)CC[C@H]32)cnn1-c1ccccn1. The van der Waals surface area contributed by atoms with Crippen molar-refractivity contribution in [3.8, 4) is 5.82 Å². The molecule has 2 fully saturated rings. The highest BCUT2D eigenvalue weighted by atomic mass is 16.2. The van der Waals surface area contributed by atoms with E-state index in [0.29, 0.717) is 17.5 Å². The first-order valence-corrected chi connectivity index (χ1v) is 9.42. The van der Waals surface area contributed by atoms with Gasteiger partial charge in [-0.1, -0.05) is 13.0 Å². The molecule has 0 bridgehead atoms. The van der Waals surface area contributed by atoms with Crippen LogP contribution in [0.3, 0.4) is 0 Å². The quantitative estimate of drug-likeness (QED) is 0.840. The van der Waals surface area contributed by atoms with Crippen LogP contribution in [0.5, 0.6) is 0 Å². The Morgan fingerprint density at radius 2 is 2.12 bits per heavy atom. The Morgan fingerprint density at radius 3 is 2.92 bits per heavy atom. The van der Waals surface area contributed by atoms with E-state index in [9.17, 15) is 4.79 Å². The molecule has 1 amide bonds. The fraction of sp³-hybridized carbons (Fsp3) is 0.550. The minimum absolute atomic E-state index is 0.143. The number of carbonyl (C=O) groups is 1. The zero-order chi connectivity index (χ0) is 17.4. The fourth-order valence-electron chi connectivity index (χ4n) is 4.63. The predicted octanol–water partition coefficient (Wildman–Crippen LogP) is 3.62. The molecule has 0 spiro atoms. The van der Waals surface area contributed by atoms with Crippen LogP contribution in [-0.2, 0) is 0 Å². The van der Waals surface area contributed by atoms with Gasteiger partial charge in [0.2, 0.25) is 0 Å². The minimum atomic E-state index is 0.143. The number of likely N-dealkylation sites (tertiary alicyclic amines) is 1. The van der Waals surface area contributed by atoms with E-state index in [0.717, 1.165) is 36.8 Å². The number of nitrogens with zero attached hydrogens (tertiary/aromatic N) is 4. The molecule has 0 unspecified atom stereocenters. The van der Waals surface area contributed by atoms with E-state index in [1.807, 2.05) is 25.1 Å². The van der Waals surface area contributed by atoms with Gasteiger partial charge >= 0.3 is 0 Å². The molecule has 5 nitrogen and oxygen atoms in total. The average Bonchev–Trinajstić information content (AvgIpc) is 3.02. The van der Waals surface area contributed by atoms with Crippen molar-refractivity contribution in [3.63, 3.8) is 0 Å². The van der Waals surface area contributed by atoms with Crippen molar-refractivity contribution in [2.75, 3.05) is 6.54 Å². The number of amides is 1. The second kappa shape index (κ2) is 6.62. The highest BCUT2D eigenvalue weighted by Crippen LogP contribution is 2.38. The normalized spacial score (nSPS) is 26.3. The molecule has 2 aromatic rings. The first-order valence-electron chi connectivity index (χ1n) is 9.42. The summed E-state index contributed by atoms with van der Waals surface area (Å²) in [5.74, 6) is 2.36. The van der Waals surface area contributed by atoms with E-state index >= 15 is 0 Å². The lowest BCUT2D eigenvalue weighted by Gasteiger charge is -2.45. The molecule has 0 N–H and O–H groups in total. The van der Waals surface area contributed by atoms with Gasteiger partial charge in [0.15, 0.2) is 5.82 Å². The highest BCUT2D eigenvalue weighted by Gasteiger charge is 2.38. The number of rotatable bonds is 2. The molecular formula is C20H26N4O. The van der Waals surface area contributed by atoms with E-state index in [1.54, 1.807) is 17.1 Å². The molecule has 4 rings (SSSR count). The molecule has 1 saturated carbocycles. The first-order chi connectivity index (χ1) is 12.1. The van der Waals surface area contributed by atoms with E-state index < -0.39 is 0 Å². The van der Waals surface area contributed by atoms with Gasteiger partial charge in [-0.3, -0.25) is 4.79 Å². The number of piperidine rings is 1. The van der Waals surface area contributed by atoms with Gasteiger partial charge in [0, 0.05) is 18.8 Å². The van der Waals surface area contributed by atoms with Gasteiger partial charge in [-0.25, -0.2) is 9.67 Å². The van der Waals surface area contributed by atoms with Crippen molar-refractivity contribution in [2.24, 2.45) is 11.8 Å². The van der Waals surface area contributed by atoms with Crippen LogP contribution < -0.4 is 0 Å². The van der Waals surface area contributed by atoms with Crippen LogP contribution in [0.2, 0.25) is 0 Å². The predicted molar refractivity (Wildman–Crippen MR) is 96.7 cm³/mol. The van der Waals surface area contributed by atoms with Gasteiger partial charge in [0.25, 0.3) is 5.91 Å². The first kappa shape index (κ1) is 16.3. The summed E-state index contributed by atoms with van der Waals surface area (Å²) < 4.78 is 1.76. The fourth-order valence-corrected chi connectivity index (χ4v) is 4.63. The molecule has 0 aromatic carbocycles. The number of hydrogen-bond donors (Lipinski definition) is 0. The smallest absolute Gasteiger partial charge is 0.257 e. The number of fused-ring (bicyclic) bond motifs is 1. The van der Waals surface area contributed by atoms with Crippen LogP contribution in [0.4, 0.5) is 0 Å². The summed E-state index contributed by atoms with van der Waals surface area (Å²) in [4.78, 5) is 19.7. The molecule has 1 aliphatic carbocycles. The summed E-state index contributed by atoms with van der Waals surface area (Å²) >= 11 is 0. The van der Waals surface area contributed by atoms with Crippen molar-refractivity contribution >= 4 is 5.91 Å². The maximum absolute atomic E-state index is 13.3. The second-order valence-electron chi connectivity index (χ2n) is 7.63. The van der Waals surface area contributed by atoms with Gasteiger partial charge in [0.05, 0.1) is 17.5 Å².